The molecule has 0 aliphatic heterocycles. The molecule has 1 aromatic carbocycles. The number of aliphatic imine (C=N–C) groups is 1. The first kappa shape index (κ1) is 11.4. The van der Waals surface area contributed by atoms with Gasteiger partial charge < -0.3 is 5.11 Å². The fourth-order valence-corrected chi connectivity index (χ4v) is 1.44. The molecule has 0 saturated heterocycles. The van der Waals surface area contributed by atoms with E-state index in [1.54, 1.807) is 18.2 Å². The molecular formula is C12H15NO2. The summed E-state index contributed by atoms with van der Waals surface area (Å²) in [5, 5.41) is 8.99. The molecule has 0 atom stereocenters. The van der Waals surface area contributed by atoms with Crippen LogP contribution >= 0.6 is 0 Å². The second-order valence-electron chi connectivity index (χ2n) is 3.66. The van der Waals surface area contributed by atoms with Crippen molar-refractivity contribution in [2.24, 2.45) is 4.99 Å². The van der Waals surface area contributed by atoms with E-state index in [0.29, 0.717) is 11.1 Å². The lowest BCUT2D eigenvalue weighted by Crippen LogP contribution is -2.08. The van der Waals surface area contributed by atoms with Crippen molar-refractivity contribution in [3.63, 3.8) is 0 Å². The minimum Gasteiger partial charge on any atom is -0.478 e. The Balaban J connectivity index is 3.19. The van der Waals surface area contributed by atoms with Gasteiger partial charge in [-0.1, -0.05) is 18.2 Å². The molecule has 3 heteroatoms. The normalized spacial score (nSPS) is 11.9. The Labute approximate surface area is 89.5 Å². The Morgan fingerprint density at radius 1 is 1.27 bits per heavy atom. The van der Waals surface area contributed by atoms with Gasteiger partial charge in [-0.15, -0.1) is 0 Å². The van der Waals surface area contributed by atoms with E-state index >= 15 is 0 Å². The summed E-state index contributed by atoms with van der Waals surface area (Å²) in [5.41, 5.74) is 1.76. The highest BCUT2D eigenvalue weighted by atomic mass is 16.4. The van der Waals surface area contributed by atoms with E-state index < -0.39 is 5.97 Å². The number of aromatic carboxylic acids is 1. The predicted molar refractivity (Wildman–Crippen MR) is 60.7 cm³/mol. The van der Waals surface area contributed by atoms with Crippen LogP contribution in [0.25, 0.3) is 0 Å². The van der Waals surface area contributed by atoms with Gasteiger partial charge in [0.25, 0.3) is 0 Å². The van der Waals surface area contributed by atoms with Crippen molar-refractivity contribution < 1.29 is 9.90 Å². The summed E-state index contributed by atoms with van der Waals surface area (Å²) in [4.78, 5) is 15.3. The first-order valence-corrected chi connectivity index (χ1v) is 4.89. The highest BCUT2D eigenvalue weighted by molar-refractivity contribution is 6.07. The van der Waals surface area contributed by atoms with Gasteiger partial charge in [-0.05, 0) is 26.8 Å². The molecule has 80 valence electrons. The van der Waals surface area contributed by atoms with Gasteiger partial charge in [-0.25, -0.2) is 4.79 Å². The van der Waals surface area contributed by atoms with E-state index in [9.17, 15) is 4.79 Å². The van der Waals surface area contributed by atoms with Gasteiger partial charge in [0.1, 0.15) is 0 Å². The standard InChI is InChI=1S/C12H15NO2/c1-8(2)13-9(3)10-6-4-5-7-11(10)12(14)15/h4-8H,1-3H3,(H,14,15). The van der Waals surface area contributed by atoms with Crippen molar-refractivity contribution in [2.45, 2.75) is 26.8 Å². The first-order chi connectivity index (χ1) is 7.02. The van der Waals surface area contributed by atoms with Crippen LogP contribution < -0.4 is 0 Å². The quantitative estimate of drug-likeness (QED) is 0.771. The van der Waals surface area contributed by atoms with Crippen molar-refractivity contribution in [3.8, 4) is 0 Å². The molecule has 0 saturated carbocycles. The van der Waals surface area contributed by atoms with Gasteiger partial charge in [0.05, 0.1) is 5.56 Å². The molecule has 0 unspecified atom stereocenters. The van der Waals surface area contributed by atoms with Crippen LogP contribution in [0.5, 0.6) is 0 Å². The van der Waals surface area contributed by atoms with Crippen molar-refractivity contribution in [3.05, 3.63) is 35.4 Å². The number of hydrogen-bond acceptors (Lipinski definition) is 2. The van der Waals surface area contributed by atoms with Crippen LogP contribution in [-0.2, 0) is 0 Å². The zero-order valence-corrected chi connectivity index (χ0v) is 9.19. The summed E-state index contributed by atoms with van der Waals surface area (Å²) >= 11 is 0. The molecule has 0 amide bonds. The summed E-state index contributed by atoms with van der Waals surface area (Å²) in [7, 11) is 0. The Bertz CT molecular complexity index is 394. The van der Waals surface area contributed by atoms with Crippen molar-refractivity contribution in [1.82, 2.24) is 0 Å². The predicted octanol–water partition coefficient (Wildman–Crippen LogP) is 2.60. The smallest absolute Gasteiger partial charge is 0.336 e. The molecule has 1 N–H and O–H groups in total. The lowest BCUT2D eigenvalue weighted by atomic mass is 10.0. The van der Waals surface area contributed by atoms with Gasteiger partial charge in [0, 0.05) is 17.3 Å². The topological polar surface area (TPSA) is 49.7 Å². The summed E-state index contributed by atoms with van der Waals surface area (Å²) in [6.07, 6.45) is 0. The minimum atomic E-state index is -0.913. The van der Waals surface area contributed by atoms with Gasteiger partial charge in [0.15, 0.2) is 0 Å². The number of rotatable bonds is 3. The van der Waals surface area contributed by atoms with Gasteiger partial charge >= 0.3 is 5.97 Å². The molecular weight excluding hydrogens is 190 g/mol. The number of carbonyl (C=O) groups is 1. The summed E-state index contributed by atoms with van der Waals surface area (Å²) < 4.78 is 0. The second kappa shape index (κ2) is 4.73. The number of hydrogen-bond donors (Lipinski definition) is 1. The van der Waals surface area contributed by atoms with E-state index in [4.69, 9.17) is 5.11 Å². The third-order valence-electron chi connectivity index (χ3n) is 2.00. The molecule has 0 radical (unpaired) electrons. The molecule has 1 aromatic rings. The van der Waals surface area contributed by atoms with Gasteiger partial charge in [-0.2, -0.15) is 0 Å². The molecule has 0 aromatic heterocycles. The Morgan fingerprint density at radius 2 is 1.80 bits per heavy atom. The van der Waals surface area contributed by atoms with Crippen LogP contribution in [0, 0.1) is 0 Å². The van der Waals surface area contributed by atoms with Crippen LogP contribution in [0.3, 0.4) is 0 Å². The molecule has 15 heavy (non-hydrogen) atoms. The fraction of sp³-hybridized carbons (Fsp3) is 0.333. The Morgan fingerprint density at radius 3 is 2.27 bits per heavy atom. The number of benzene rings is 1. The SMILES string of the molecule is CC(=NC(C)C)c1ccccc1C(=O)O. The van der Waals surface area contributed by atoms with Crippen molar-refractivity contribution in [2.75, 3.05) is 0 Å². The molecule has 0 aliphatic rings. The monoisotopic (exact) mass is 205 g/mol. The van der Waals surface area contributed by atoms with Crippen LogP contribution in [0.2, 0.25) is 0 Å². The molecule has 3 nitrogen and oxygen atoms in total. The highest BCUT2D eigenvalue weighted by Gasteiger charge is 2.10. The zero-order valence-electron chi connectivity index (χ0n) is 9.19. The van der Waals surface area contributed by atoms with E-state index in [-0.39, 0.29) is 6.04 Å². The van der Waals surface area contributed by atoms with Crippen molar-refractivity contribution in [1.29, 1.82) is 0 Å². The summed E-state index contributed by atoms with van der Waals surface area (Å²) in [6, 6.07) is 7.09. The van der Waals surface area contributed by atoms with Crippen LogP contribution in [-0.4, -0.2) is 22.8 Å². The molecule has 0 spiro atoms. The fourth-order valence-electron chi connectivity index (χ4n) is 1.44. The third-order valence-corrected chi connectivity index (χ3v) is 2.00. The van der Waals surface area contributed by atoms with E-state index in [1.165, 1.54) is 0 Å². The molecule has 0 fully saturated rings. The van der Waals surface area contributed by atoms with Crippen molar-refractivity contribution >= 4 is 11.7 Å². The van der Waals surface area contributed by atoms with E-state index in [0.717, 1.165) is 5.71 Å². The van der Waals surface area contributed by atoms with E-state index in [2.05, 4.69) is 4.99 Å². The molecule has 1 rings (SSSR count). The lowest BCUT2D eigenvalue weighted by Gasteiger charge is -2.06. The summed E-state index contributed by atoms with van der Waals surface area (Å²) in [6.45, 7) is 5.77. The maximum Gasteiger partial charge on any atom is 0.336 e. The van der Waals surface area contributed by atoms with Gasteiger partial charge in [-0.3, -0.25) is 4.99 Å². The Hall–Kier alpha value is -1.64. The second-order valence-corrected chi connectivity index (χ2v) is 3.66. The molecule has 0 heterocycles. The maximum absolute atomic E-state index is 11.0. The van der Waals surface area contributed by atoms with Crippen LogP contribution in [0.1, 0.15) is 36.7 Å². The Kier molecular flexibility index (Phi) is 3.61. The number of carboxylic acids is 1. The molecule has 0 aliphatic carbocycles. The van der Waals surface area contributed by atoms with Crippen LogP contribution in [0.15, 0.2) is 29.3 Å². The zero-order chi connectivity index (χ0) is 11.4. The number of nitrogens with zero attached hydrogens (tertiary/aromatic N) is 1. The van der Waals surface area contributed by atoms with E-state index in [1.807, 2.05) is 26.8 Å². The lowest BCUT2D eigenvalue weighted by molar-refractivity contribution is 0.0696. The molecule has 0 bridgehead atoms. The largest absolute Gasteiger partial charge is 0.478 e. The first-order valence-electron chi connectivity index (χ1n) is 4.89. The average molecular weight is 205 g/mol. The third kappa shape index (κ3) is 2.91. The highest BCUT2D eigenvalue weighted by Crippen LogP contribution is 2.10. The average Bonchev–Trinajstić information content (AvgIpc) is 2.16. The number of carboxylic acid groups (broad SMARTS) is 1. The summed E-state index contributed by atoms with van der Waals surface area (Å²) in [5.74, 6) is -0.913. The van der Waals surface area contributed by atoms with Crippen LogP contribution in [0.4, 0.5) is 0 Å². The minimum absolute atomic E-state index is 0.173. The maximum atomic E-state index is 11.0. The van der Waals surface area contributed by atoms with Gasteiger partial charge in [0.2, 0.25) is 0 Å².